The molecule has 27 heavy (non-hydrogen) atoms. The summed E-state index contributed by atoms with van der Waals surface area (Å²) >= 11 is 1.90. The lowest BCUT2D eigenvalue weighted by molar-refractivity contribution is -0.155. The van der Waals surface area contributed by atoms with E-state index in [1.807, 2.05) is 22.6 Å². The van der Waals surface area contributed by atoms with Crippen molar-refractivity contribution in [2.75, 3.05) is 18.4 Å². The Bertz CT molecular complexity index is 887. The Labute approximate surface area is 166 Å². The number of alkyl halides is 3. The lowest BCUT2D eigenvalue weighted by Gasteiger charge is -2.35. The Morgan fingerprint density at radius 3 is 2.63 bits per heavy atom. The van der Waals surface area contributed by atoms with Gasteiger partial charge in [-0.1, -0.05) is 0 Å². The van der Waals surface area contributed by atoms with Gasteiger partial charge in [0, 0.05) is 28.1 Å². The summed E-state index contributed by atoms with van der Waals surface area (Å²) in [6, 6.07) is 4.29. The van der Waals surface area contributed by atoms with E-state index in [1.165, 1.54) is 24.5 Å². The van der Waals surface area contributed by atoms with Gasteiger partial charge < -0.3 is 4.90 Å². The Morgan fingerprint density at radius 1 is 1.33 bits per heavy atom. The number of fused-ring (bicyclic) bond motifs is 1. The molecule has 1 atom stereocenters. The van der Waals surface area contributed by atoms with Crippen molar-refractivity contribution in [2.45, 2.75) is 19.0 Å². The summed E-state index contributed by atoms with van der Waals surface area (Å²) in [6.45, 7) is 0.638. The van der Waals surface area contributed by atoms with E-state index in [0.717, 1.165) is 10.5 Å². The molecule has 0 unspecified atom stereocenters. The van der Waals surface area contributed by atoms with Gasteiger partial charge in [0.2, 0.25) is 11.9 Å². The molecule has 0 radical (unpaired) electrons. The number of nitrogens with one attached hydrogen (secondary N) is 1. The van der Waals surface area contributed by atoms with E-state index in [0.29, 0.717) is 3.57 Å². The zero-order valence-electron chi connectivity index (χ0n) is 14.0. The van der Waals surface area contributed by atoms with Crippen LogP contribution >= 0.6 is 22.6 Å². The van der Waals surface area contributed by atoms with Crippen molar-refractivity contribution in [3.63, 3.8) is 0 Å². The number of aryl methyl sites for hydroxylation is 1. The first-order chi connectivity index (χ1) is 12.6. The molecule has 142 valence electrons. The number of carbonyl (C=O) groups excluding carboxylic acids is 2. The van der Waals surface area contributed by atoms with E-state index < -0.39 is 37.0 Å². The summed E-state index contributed by atoms with van der Waals surface area (Å²) in [6.07, 6.45) is -1.55. The number of aromatic nitrogens is 2. The monoisotopic (exact) mass is 490 g/mol. The fourth-order valence-electron chi connectivity index (χ4n) is 2.80. The van der Waals surface area contributed by atoms with Crippen LogP contribution in [0.2, 0.25) is 0 Å². The van der Waals surface area contributed by atoms with Crippen LogP contribution in [0.4, 0.5) is 19.1 Å². The van der Waals surface area contributed by atoms with Crippen molar-refractivity contribution < 1.29 is 22.8 Å². The summed E-state index contributed by atoms with van der Waals surface area (Å²) in [5, 5.41) is 2.39. The number of hydrogen-bond acceptors (Lipinski definition) is 4. The molecule has 0 saturated heterocycles. The minimum absolute atomic E-state index is 0.0254. The predicted molar refractivity (Wildman–Crippen MR) is 99.3 cm³/mol. The van der Waals surface area contributed by atoms with Gasteiger partial charge in [-0.3, -0.25) is 14.9 Å². The molecule has 0 bridgehead atoms. The molecule has 0 spiro atoms. The molecule has 1 aliphatic heterocycles. The van der Waals surface area contributed by atoms with Crippen LogP contribution in [0.15, 0.2) is 30.6 Å². The first-order valence-electron chi connectivity index (χ1n) is 7.89. The molecule has 1 aromatic carbocycles. The maximum atomic E-state index is 13.5. The maximum absolute atomic E-state index is 13.5. The normalized spacial score (nSPS) is 16.9. The first-order valence-corrected chi connectivity index (χ1v) is 8.97. The van der Waals surface area contributed by atoms with Crippen molar-refractivity contribution in [3.8, 4) is 0 Å². The van der Waals surface area contributed by atoms with E-state index in [2.05, 4.69) is 15.3 Å². The van der Waals surface area contributed by atoms with E-state index in [9.17, 15) is 22.8 Å². The zero-order chi connectivity index (χ0) is 19.8. The van der Waals surface area contributed by atoms with Crippen LogP contribution in [0.3, 0.4) is 0 Å². The number of anilines is 1. The number of rotatable bonds is 3. The molecular formula is C17H14F3IN4O2. The molecular weight excluding hydrogens is 476 g/mol. The number of benzene rings is 1. The van der Waals surface area contributed by atoms with Gasteiger partial charge >= 0.3 is 6.18 Å². The van der Waals surface area contributed by atoms with Crippen LogP contribution < -0.4 is 5.32 Å². The van der Waals surface area contributed by atoms with Crippen LogP contribution in [0.5, 0.6) is 0 Å². The molecule has 2 heterocycles. The molecule has 3 rings (SSSR count). The molecule has 1 aliphatic rings. The Hall–Kier alpha value is -2.24. The smallest absolute Gasteiger partial charge is 0.328 e. The second-order valence-electron chi connectivity index (χ2n) is 6.14. The van der Waals surface area contributed by atoms with Gasteiger partial charge in [0.05, 0.1) is 5.92 Å². The van der Waals surface area contributed by atoms with Gasteiger partial charge in [-0.2, -0.15) is 13.2 Å². The molecule has 1 N–H and O–H groups in total. The van der Waals surface area contributed by atoms with Gasteiger partial charge in [0.25, 0.3) is 5.91 Å². The van der Waals surface area contributed by atoms with Crippen LogP contribution in [-0.2, 0) is 4.79 Å². The largest absolute Gasteiger partial charge is 0.397 e. The SMILES string of the molecule is Cc1cnc(NC(=O)CN2C[C@H](C(F)(F)F)c3cc(I)ccc3C2=O)nc1. The highest BCUT2D eigenvalue weighted by Crippen LogP contribution is 2.40. The van der Waals surface area contributed by atoms with Crippen molar-refractivity contribution in [2.24, 2.45) is 0 Å². The number of halogens is 4. The molecule has 2 aromatic rings. The first kappa shape index (κ1) is 19.5. The van der Waals surface area contributed by atoms with Crippen LogP contribution in [0.1, 0.15) is 27.4 Å². The maximum Gasteiger partial charge on any atom is 0.397 e. The van der Waals surface area contributed by atoms with Crippen molar-refractivity contribution >= 4 is 40.4 Å². The Balaban J connectivity index is 1.81. The highest BCUT2D eigenvalue weighted by atomic mass is 127. The number of hydrogen-bond donors (Lipinski definition) is 1. The van der Waals surface area contributed by atoms with Gasteiger partial charge in [0.15, 0.2) is 0 Å². The van der Waals surface area contributed by atoms with Gasteiger partial charge in [-0.15, -0.1) is 0 Å². The molecule has 0 aliphatic carbocycles. The number of nitrogens with zero attached hydrogens (tertiary/aromatic N) is 3. The topological polar surface area (TPSA) is 75.2 Å². The molecule has 10 heteroatoms. The van der Waals surface area contributed by atoms with E-state index >= 15 is 0 Å². The summed E-state index contributed by atoms with van der Waals surface area (Å²) < 4.78 is 41.1. The third kappa shape index (κ3) is 4.37. The van der Waals surface area contributed by atoms with Crippen molar-refractivity contribution in [1.29, 1.82) is 0 Å². The molecule has 1 aromatic heterocycles. The average molecular weight is 490 g/mol. The van der Waals surface area contributed by atoms with Crippen LogP contribution in [0.25, 0.3) is 0 Å². The fraction of sp³-hybridized carbons (Fsp3) is 0.294. The molecule has 0 fully saturated rings. The minimum atomic E-state index is -4.53. The standard InChI is InChI=1S/C17H14F3IN4O2/c1-9-5-22-16(23-6-9)24-14(26)8-25-7-13(17(18,19)20)12-4-10(21)2-3-11(12)15(25)27/h2-6,13H,7-8H2,1H3,(H,22,23,24,26)/t13-/m0/s1. The summed E-state index contributed by atoms with van der Waals surface area (Å²) in [7, 11) is 0. The van der Waals surface area contributed by atoms with Crippen molar-refractivity contribution in [3.05, 3.63) is 50.9 Å². The highest BCUT2D eigenvalue weighted by molar-refractivity contribution is 14.1. The second kappa shape index (κ2) is 7.41. The third-order valence-corrected chi connectivity index (χ3v) is 4.74. The second-order valence-corrected chi connectivity index (χ2v) is 7.39. The molecule has 0 saturated carbocycles. The van der Waals surface area contributed by atoms with E-state index in [4.69, 9.17) is 0 Å². The van der Waals surface area contributed by atoms with E-state index in [1.54, 1.807) is 13.0 Å². The lowest BCUT2D eigenvalue weighted by atomic mass is 9.88. The number of amides is 2. The zero-order valence-corrected chi connectivity index (χ0v) is 16.2. The predicted octanol–water partition coefficient (Wildman–Crippen LogP) is 3.13. The van der Waals surface area contributed by atoms with Gasteiger partial charge in [-0.25, -0.2) is 9.97 Å². The van der Waals surface area contributed by atoms with Crippen LogP contribution in [0, 0.1) is 10.5 Å². The Morgan fingerprint density at radius 2 is 2.00 bits per heavy atom. The quantitative estimate of drug-likeness (QED) is 0.672. The highest BCUT2D eigenvalue weighted by Gasteiger charge is 2.47. The minimum Gasteiger partial charge on any atom is -0.328 e. The summed E-state index contributed by atoms with van der Waals surface area (Å²) in [5.41, 5.74) is 0.694. The Kier molecular flexibility index (Phi) is 5.36. The lowest BCUT2D eigenvalue weighted by Crippen LogP contribution is -2.47. The van der Waals surface area contributed by atoms with Crippen LogP contribution in [-0.4, -0.2) is 45.9 Å². The van der Waals surface area contributed by atoms with E-state index in [-0.39, 0.29) is 17.1 Å². The molecule has 6 nitrogen and oxygen atoms in total. The molecule has 2 amide bonds. The van der Waals surface area contributed by atoms with Gasteiger partial charge in [0.1, 0.15) is 6.54 Å². The summed E-state index contributed by atoms with van der Waals surface area (Å²) in [4.78, 5) is 33.4. The number of carbonyl (C=O) groups is 2. The van der Waals surface area contributed by atoms with Gasteiger partial charge in [-0.05, 0) is 58.8 Å². The fourth-order valence-corrected chi connectivity index (χ4v) is 3.31. The van der Waals surface area contributed by atoms with Crippen molar-refractivity contribution in [1.82, 2.24) is 14.9 Å². The third-order valence-electron chi connectivity index (χ3n) is 4.07. The average Bonchev–Trinajstić information content (AvgIpc) is 2.58. The summed E-state index contributed by atoms with van der Waals surface area (Å²) in [5.74, 6) is -3.09.